The molecule has 0 saturated heterocycles. The lowest BCUT2D eigenvalue weighted by Crippen LogP contribution is -2.35. The van der Waals surface area contributed by atoms with Gasteiger partial charge in [0, 0.05) is 19.0 Å². The van der Waals surface area contributed by atoms with Gasteiger partial charge in [0.1, 0.15) is 11.4 Å². The summed E-state index contributed by atoms with van der Waals surface area (Å²) in [4.78, 5) is 10.9. The second kappa shape index (κ2) is 6.76. The van der Waals surface area contributed by atoms with Crippen LogP contribution < -0.4 is 10.6 Å². The first-order valence-corrected chi connectivity index (χ1v) is 7.42. The zero-order valence-electron chi connectivity index (χ0n) is 12.4. The third-order valence-electron chi connectivity index (χ3n) is 4.39. The van der Waals surface area contributed by atoms with Crippen LogP contribution >= 0.6 is 0 Å². The van der Waals surface area contributed by atoms with Crippen LogP contribution in [0.1, 0.15) is 32.1 Å². The number of nitro groups is 1. The number of nitrogens with zero attached hydrogens (tertiary/aromatic N) is 1. The van der Waals surface area contributed by atoms with Gasteiger partial charge in [-0.05, 0) is 25.0 Å². The van der Waals surface area contributed by atoms with Crippen molar-refractivity contribution >= 4 is 17.1 Å². The second-order valence-electron chi connectivity index (χ2n) is 5.78. The van der Waals surface area contributed by atoms with Crippen molar-refractivity contribution in [2.45, 2.75) is 32.1 Å². The van der Waals surface area contributed by atoms with Crippen molar-refractivity contribution in [2.75, 3.05) is 30.8 Å². The summed E-state index contributed by atoms with van der Waals surface area (Å²) in [5.41, 5.74) is 0.905. The van der Waals surface area contributed by atoms with E-state index in [1.807, 2.05) is 0 Å². The van der Waals surface area contributed by atoms with E-state index in [-0.39, 0.29) is 22.6 Å². The van der Waals surface area contributed by atoms with Crippen molar-refractivity contribution in [1.29, 1.82) is 0 Å². The molecule has 1 aromatic rings. The number of nitro benzene ring substituents is 1. The van der Waals surface area contributed by atoms with E-state index in [4.69, 9.17) is 0 Å². The Bertz CT molecular complexity index is 499. The van der Waals surface area contributed by atoms with Crippen molar-refractivity contribution < 1.29 is 10.0 Å². The Morgan fingerprint density at radius 1 is 1.29 bits per heavy atom. The Labute approximate surface area is 124 Å². The van der Waals surface area contributed by atoms with Crippen molar-refractivity contribution in [3.63, 3.8) is 0 Å². The van der Waals surface area contributed by atoms with E-state index < -0.39 is 0 Å². The Morgan fingerprint density at radius 3 is 2.52 bits per heavy atom. The molecular formula is C15H23N3O3. The van der Waals surface area contributed by atoms with Crippen LogP contribution in [0.2, 0.25) is 0 Å². The van der Waals surface area contributed by atoms with Crippen molar-refractivity contribution in [3.8, 4) is 0 Å². The molecule has 3 N–H and O–H groups in total. The summed E-state index contributed by atoms with van der Waals surface area (Å²) in [7, 11) is 1.67. The molecule has 0 heterocycles. The smallest absolute Gasteiger partial charge is 0.315 e. The molecule has 1 aliphatic carbocycles. The van der Waals surface area contributed by atoms with Crippen LogP contribution in [0.4, 0.5) is 17.1 Å². The summed E-state index contributed by atoms with van der Waals surface area (Å²) in [6, 6.07) is 5.19. The Balaban J connectivity index is 2.17. The van der Waals surface area contributed by atoms with Crippen molar-refractivity contribution in [2.24, 2.45) is 5.41 Å². The lowest BCUT2D eigenvalue weighted by atomic mass is 9.74. The lowest BCUT2D eigenvalue weighted by molar-refractivity contribution is -0.383. The van der Waals surface area contributed by atoms with Gasteiger partial charge in [-0.15, -0.1) is 0 Å². The van der Waals surface area contributed by atoms with Crippen LogP contribution in [-0.2, 0) is 0 Å². The largest absolute Gasteiger partial charge is 0.396 e. The molecule has 0 radical (unpaired) electrons. The Morgan fingerprint density at radius 2 is 1.95 bits per heavy atom. The minimum Gasteiger partial charge on any atom is -0.396 e. The highest BCUT2D eigenvalue weighted by Crippen LogP contribution is 2.38. The van der Waals surface area contributed by atoms with Gasteiger partial charge in [-0.3, -0.25) is 10.1 Å². The van der Waals surface area contributed by atoms with E-state index >= 15 is 0 Å². The van der Waals surface area contributed by atoms with E-state index in [1.165, 1.54) is 6.42 Å². The molecule has 1 saturated carbocycles. The maximum Gasteiger partial charge on any atom is 0.315 e. The van der Waals surface area contributed by atoms with Crippen LogP contribution in [0.25, 0.3) is 0 Å². The molecule has 0 aliphatic heterocycles. The number of nitrogens with one attached hydrogen (secondary N) is 2. The first-order chi connectivity index (χ1) is 10.1. The number of rotatable bonds is 6. The van der Waals surface area contributed by atoms with Crippen LogP contribution in [0.5, 0.6) is 0 Å². The summed E-state index contributed by atoms with van der Waals surface area (Å²) in [6.45, 7) is 0.691. The fourth-order valence-electron chi connectivity index (χ4n) is 3.06. The Kier molecular flexibility index (Phi) is 5.01. The molecule has 6 heteroatoms. The molecule has 0 spiro atoms. The number of benzene rings is 1. The lowest BCUT2D eigenvalue weighted by Gasteiger charge is -2.36. The highest BCUT2D eigenvalue weighted by atomic mass is 16.6. The number of anilines is 2. The van der Waals surface area contributed by atoms with Gasteiger partial charge in [0.15, 0.2) is 0 Å². The molecule has 1 fully saturated rings. The fraction of sp³-hybridized carbons (Fsp3) is 0.600. The zero-order chi connectivity index (χ0) is 15.3. The zero-order valence-corrected chi connectivity index (χ0v) is 12.4. The van der Waals surface area contributed by atoms with Gasteiger partial charge >= 0.3 is 5.69 Å². The van der Waals surface area contributed by atoms with Gasteiger partial charge in [0.2, 0.25) is 0 Å². The fourth-order valence-corrected chi connectivity index (χ4v) is 3.06. The summed E-state index contributed by atoms with van der Waals surface area (Å²) < 4.78 is 0. The van der Waals surface area contributed by atoms with Gasteiger partial charge in [-0.25, -0.2) is 0 Å². The van der Waals surface area contributed by atoms with Crippen LogP contribution in [0.3, 0.4) is 0 Å². The van der Waals surface area contributed by atoms with Crippen molar-refractivity contribution in [1.82, 2.24) is 0 Å². The minimum absolute atomic E-state index is 0.0592. The molecule has 0 aromatic heterocycles. The van der Waals surface area contributed by atoms with Crippen LogP contribution in [-0.4, -0.2) is 30.2 Å². The number of hydrogen-bond donors (Lipinski definition) is 3. The summed E-state index contributed by atoms with van der Waals surface area (Å²) in [5.74, 6) is 0. The molecule has 6 nitrogen and oxygen atoms in total. The molecule has 0 amide bonds. The third kappa shape index (κ3) is 3.44. The predicted molar refractivity (Wildman–Crippen MR) is 83.7 cm³/mol. The van der Waals surface area contributed by atoms with Gasteiger partial charge in [-0.1, -0.05) is 25.3 Å². The normalized spacial score (nSPS) is 17.2. The molecular weight excluding hydrogens is 270 g/mol. The molecule has 21 heavy (non-hydrogen) atoms. The van der Waals surface area contributed by atoms with E-state index in [1.54, 1.807) is 25.2 Å². The van der Waals surface area contributed by atoms with Gasteiger partial charge in [-0.2, -0.15) is 0 Å². The van der Waals surface area contributed by atoms with Gasteiger partial charge in [0.05, 0.1) is 11.5 Å². The first kappa shape index (κ1) is 15.6. The van der Waals surface area contributed by atoms with Crippen molar-refractivity contribution in [3.05, 3.63) is 28.3 Å². The maximum absolute atomic E-state index is 11.3. The second-order valence-corrected chi connectivity index (χ2v) is 5.78. The quantitative estimate of drug-likeness (QED) is 0.554. The minimum atomic E-state index is -0.374. The van der Waals surface area contributed by atoms with Crippen LogP contribution in [0, 0.1) is 15.5 Å². The summed E-state index contributed by atoms with van der Waals surface area (Å²) in [6.07, 6.45) is 5.37. The SMILES string of the molecule is CNc1cccc(NCC2(CO)CCCCC2)c1[N+](=O)[O-]. The molecule has 2 rings (SSSR count). The molecule has 1 aromatic carbocycles. The van der Waals surface area contributed by atoms with E-state index in [0.717, 1.165) is 25.7 Å². The predicted octanol–water partition coefficient (Wildman–Crippen LogP) is 2.99. The van der Waals surface area contributed by atoms with E-state index in [0.29, 0.717) is 17.9 Å². The number of aliphatic hydroxyl groups excluding tert-OH is 1. The highest BCUT2D eigenvalue weighted by Gasteiger charge is 2.32. The standard InChI is InChI=1S/C15H23N3O3/c1-16-12-6-5-7-13(14(12)18(20)21)17-10-15(11-19)8-3-2-4-9-15/h5-7,16-17,19H,2-4,8-11H2,1H3. The maximum atomic E-state index is 11.3. The third-order valence-corrected chi connectivity index (χ3v) is 4.39. The monoisotopic (exact) mass is 293 g/mol. The molecule has 0 unspecified atom stereocenters. The van der Waals surface area contributed by atoms with Crippen LogP contribution in [0.15, 0.2) is 18.2 Å². The molecule has 116 valence electrons. The average molecular weight is 293 g/mol. The molecule has 0 bridgehead atoms. The number of hydrogen-bond acceptors (Lipinski definition) is 5. The number of aliphatic hydroxyl groups is 1. The molecule has 0 atom stereocenters. The average Bonchev–Trinajstić information content (AvgIpc) is 2.53. The van der Waals surface area contributed by atoms with E-state index in [9.17, 15) is 15.2 Å². The van der Waals surface area contributed by atoms with Gasteiger partial charge < -0.3 is 15.7 Å². The molecule has 1 aliphatic rings. The first-order valence-electron chi connectivity index (χ1n) is 7.42. The highest BCUT2D eigenvalue weighted by molar-refractivity contribution is 5.76. The van der Waals surface area contributed by atoms with E-state index in [2.05, 4.69) is 10.6 Å². The van der Waals surface area contributed by atoms with Gasteiger partial charge in [0.25, 0.3) is 0 Å². The Hall–Kier alpha value is -1.82. The number of para-hydroxylation sites is 1. The summed E-state index contributed by atoms with van der Waals surface area (Å²) >= 11 is 0. The summed E-state index contributed by atoms with van der Waals surface area (Å²) in [5, 5.41) is 27.0. The topological polar surface area (TPSA) is 87.4 Å².